The molecular formula is C25H23N. The van der Waals surface area contributed by atoms with Gasteiger partial charge in [0, 0.05) is 12.7 Å². The van der Waals surface area contributed by atoms with Gasteiger partial charge in [0.1, 0.15) is 0 Å². The van der Waals surface area contributed by atoms with Crippen molar-refractivity contribution in [2.75, 3.05) is 7.05 Å². The lowest BCUT2D eigenvalue weighted by Crippen LogP contribution is -2.24. The van der Waals surface area contributed by atoms with Crippen molar-refractivity contribution in [1.29, 1.82) is 0 Å². The van der Waals surface area contributed by atoms with Crippen LogP contribution in [0, 0.1) is 6.92 Å². The fraction of sp³-hybridized carbons (Fsp3) is 0.120. The minimum Gasteiger partial charge on any atom is -0.364 e. The Hall–Kier alpha value is -3.06. The quantitative estimate of drug-likeness (QED) is 0.557. The summed E-state index contributed by atoms with van der Waals surface area (Å²) in [4.78, 5) is 2.37. The van der Waals surface area contributed by atoms with Crippen molar-refractivity contribution in [1.82, 2.24) is 4.90 Å². The van der Waals surface area contributed by atoms with Gasteiger partial charge < -0.3 is 4.90 Å². The van der Waals surface area contributed by atoms with E-state index in [0.717, 1.165) is 0 Å². The summed E-state index contributed by atoms with van der Waals surface area (Å²) in [6.45, 7) is 2.15. The first-order chi connectivity index (χ1) is 12.7. The molecule has 1 unspecified atom stereocenters. The average Bonchev–Trinajstić information content (AvgIpc) is 2.69. The molecule has 1 aliphatic rings. The predicted octanol–water partition coefficient (Wildman–Crippen LogP) is 6.11. The van der Waals surface area contributed by atoms with Crippen LogP contribution in [0.3, 0.4) is 0 Å². The van der Waals surface area contributed by atoms with Gasteiger partial charge in [-0.1, -0.05) is 90.5 Å². The Morgan fingerprint density at radius 1 is 0.731 bits per heavy atom. The Balaban J connectivity index is 1.85. The summed E-state index contributed by atoms with van der Waals surface area (Å²) in [7, 11) is 2.18. The summed E-state index contributed by atoms with van der Waals surface area (Å²) in [5.41, 5.74) is 7.63. The lowest BCUT2D eigenvalue weighted by molar-refractivity contribution is 0.413. The van der Waals surface area contributed by atoms with E-state index in [1.807, 2.05) is 0 Å². The van der Waals surface area contributed by atoms with Crippen molar-refractivity contribution in [3.63, 3.8) is 0 Å². The van der Waals surface area contributed by atoms with Crippen LogP contribution in [0.5, 0.6) is 0 Å². The third-order valence-electron chi connectivity index (χ3n) is 4.99. The maximum Gasteiger partial charge on any atom is 0.0732 e. The molecule has 3 aromatic rings. The fourth-order valence-electron chi connectivity index (χ4n) is 3.60. The van der Waals surface area contributed by atoms with Gasteiger partial charge in [-0.25, -0.2) is 0 Å². The molecule has 1 heteroatoms. The smallest absolute Gasteiger partial charge is 0.0732 e. The van der Waals surface area contributed by atoms with E-state index in [2.05, 4.69) is 116 Å². The highest BCUT2D eigenvalue weighted by molar-refractivity contribution is 5.86. The van der Waals surface area contributed by atoms with Crippen LogP contribution in [0.4, 0.5) is 0 Å². The maximum atomic E-state index is 2.37. The van der Waals surface area contributed by atoms with Gasteiger partial charge >= 0.3 is 0 Å². The number of likely N-dealkylation sites (N-methyl/N-ethyl adjacent to an activating group) is 1. The zero-order valence-corrected chi connectivity index (χ0v) is 15.3. The van der Waals surface area contributed by atoms with Gasteiger partial charge in [-0.3, -0.25) is 0 Å². The molecule has 1 heterocycles. The zero-order chi connectivity index (χ0) is 17.9. The SMILES string of the molecule is Cc1cccc(C2=CC(c3ccccc3)N(C)C(c3ccccc3)=C2)c1. The molecule has 0 aromatic heterocycles. The van der Waals surface area contributed by atoms with Crippen LogP contribution < -0.4 is 0 Å². The van der Waals surface area contributed by atoms with Gasteiger partial charge in [0.25, 0.3) is 0 Å². The minimum atomic E-state index is 0.215. The molecule has 0 radical (unpaired) electrons. The topological polar surface area (TPSA) is 3.24 Å². The molecule has 1 nitrogen and oxygen atoms in total. The number of hydrogen-bond donors (Lipinski definition) is 0. The van der Waals surface area contributed by atoms with E-state index in [1.54, 1.807) is 0 Å². The fourth-order valence-corrected chi connectivity index (χ4v) is 3.60. The lowest BCUT2D eigenvalue weighted by atomic mass is 9.91. The van der Waals surface area contributed by atoms with Gasteiger partial charge in [-0.15, -0.1) is 0 Å². The summed E-state index contributed by atoms with van der Waals surface area (Å²) < 4.78 is 0. The number of nitrogens with zero attached hydrogens (tertiary/aromatic N) is 1. The van der Waals surface area contributed by atoms with Crippen LogP contribution in [0.2, 0.25) is 0 Å². The standard InChI is InChI=1S/C25H23N/c1-19-10-9-15-22(16-19)23-17-24(20-11-5-3-6-12-20)26(2)25(18-23)21-13-7-4-8-14-21/h3-18,24H,1-2H3. The van der Waals surface area contributed by atoms with Crippen molar-refractivity contribution in [2.45, 2.75) is 13.0 Å². The molecule has 0 bridgehead atoms. The van der Waals surface area contributed by atoms with E-state index in [9.17, 15) is 0 Å². The summed E-state index contributed by atoms with van der Waals surface area (Å²) >= 11 is 0. The Kier molecular flexibility index (Phi) is 4.45. The van der Waals surface area contributed by atoms with Crippen molar-refractivity contribution in [3.8, 4) is 0 Å². The summed E-state index contributed by atoms with van der Waals surface area (Å²) in [6.07, 6.45) is 4.68. The van der Waals surface area contributed by atoms with Crippen LogP contribution in [0.25, 0.3) is 11.3 Å². The second-order valence-electron chi connectivity index (χ2n) is 6.85. The largest absolute Gasteiger partial charge is 0.364 e. The van der Waals surface area contributed by atoms with E-state index in [-0.39, 0.29) is 6.04 Å². The van der Waals surface area contributed by atoms with Crippen molar-refractivity contribution >= 4 is 11.3 Å². The van der Waals surface area contributed by atoms with Gasteiger partial charge in [-0.05, 0) is 41.3 Å². The number of hydrogen-bond acceptors (Lipinski definition) is 1. The Labute approximate surface area is 155 Å². The van der Waals surface area contributed by atoms with Gasteiger partial charge in [0.05, 0.1) is 6.04 Å². The number of aryl methyl sites for hydroxylation is 1. The van der Waals surface area contributed by atoms with Gasteiger partial charge in [-0.2, -0.15) is 0 Å². The Morgan fingerprint density at radius 3 is 2.08 bits per heavy atom. The second-order valence-corrected chi connectivity index (χ2v) is 6.85. The second kappa shape index (κ2) is 7.05. The number of rotatable bonds is 3. The first kappa shape index (κ1) is 16.4. The van der Waals surface area contributed by atoms with E-state index in [4.69, 9.17) is 0 Å². The molecule has 128 valence electrons. The molecule has 0 spiro atoms. The normalized spacial score (nSPS) is 16.8. The molecule has 0 aliphatic carbocycles. The van der Waals surface area contributed by atoms with Crippen LogP contribution in [-0.4, -0.2) is 11.9 Å². The van der Waals surface area contributed by atoms with E-state index in [1.165, 1.54) is 33.5 Å². The summed E-state index contributed by atoms with van der Waals surface area (Å²) in [5.74, 6) is 0. The van der Waals surface area contributed by atoms with E-state index in [0.29, 0.717) is 0 Å². The molecule has 26 heavy (non-hydrogen) atoms. The molecule has 1 atom stereocenters. The summed E-state index contributed by atoms with van der Waals surface area (Å²) in [6, 6.07) is 30.3. The molecule has 0 fully saturated rings. The van der Waals surface area contributed by atoms with Gasteiger partial charge in [0.15, 0.2) is 0 Å². The number of benzene rings is 3. The molecule has 0 N–H and O–H groups in total. The molecule has 4 rings (SSSR count). The molecule has 0 saturated carbocycles. The highest BCUT2D eigenvalue weighted by Gasteiger charge is 2.23. The highest BCUT2D eigenvalue weighted by atomic mass is 15.1. The zero-order valence-electron chi connectivity index (χ0n) is 15.3. The van der Waals surface area contributed by atoms with Crippen molar-refractivity contribution < 1.29 is 0 Å². The summed E-state index contributed by atoms with van der Waals surface area (Å²) in [5, 5.41) is 0. The average molecular weight is 337 g/mol. The van der Waals surface area contributed by atoms with Crippen molar-refractivity contribution in [3.05, 3.63) is 119 Å². The molecular weight excluding hydrogens is 314 g/mol. The third-order valence-corrected chi connectivity index (χ3v) is 4.99. The van der Waals surface area contributed by atoms with E-state index >= 15 is 0 Å². The number of allylic oxidation sites excluding steroid dienone is 2. The van der Waals surface area contributed by atoms with E-state index < -0.39 is 0 Å². The van der Waals surface area contributed by atoms with Crippen LogP contribution >= 0.6 is 0 Å². The Morgan fingerprint density at radius 2 is 1.38 bits per heavy atom. The lowest BCUT2D eigenvalue weighted by Gasteiger charge is -2.35. The van der Waals surface area contributed by atoms with Gasteiger partial charge in [0.2, 0.25) is 0 Å². The van der Waals surface area contributed by atoms with Crippen molar-refractivity contribution in [2.24, 2.45) is 0 Å². The first-order valence-electron chi connectivity index (χ1n) is 9.06. The molecule has 0 amide bonds. The Bertz CT molecular complexity index is 952. The third kappa shape index (κ3) is 3.21. The molecule has 0 saturated heterocycles. The maximum absolute atomic E-state index is 2.37. The molecule has 1 aliphatic heterocycles. The molecule has 3 aromatic carbocycles. The van der Waals surface area contributed by atoms with Crippen LogP contribution in [0.15, 0.2) is 97.1 Å². The minimum absolute atomic E-state index is 0.215. The highest BCUT2D eigenvalue weighted by Crippen LogP contribution is 2.38. The first-order valence-corrected chi connectivity index (χ1v) is 9.06. The predicted molar refractivity (Wildman–Crippen MR) is 111 cm³/mol. The van der Waals surface area contributed by atoms with Crippen LogP contribution in [0.1, 0.15) is 28.3 Å². The van der Waals surface area contributed by atoms with Crippen LogP contribution in [-0.2, 0) is 0 Å². The monoisotopic (exact) mass is 337 g/mol.